The summed E-state index contributed by atoms with van der Waals surface area (Å²) in [6.07, 6.45) is 1.09. The minimum Gasteiger partial charge on any atom is -0.506 e. The number of phenolic OH excluding ortho intramolecular Hbond substituents is 1. The van der Waals surface area contributed by atoms with Crippen LogP contribution in [0.1, 0.15) is 40.4 Å². The molecule has 2 amide bonds. The monoisotopic (exact) mass is 729 g/mol. The second kappa shape index (κ2) is 16.7. The third-order valence-corrected chi connectivity index (χ3v) is 10.8. The first-order valence-electron chi connectivity index (χ1n) is 18.6. The van der Waals surface area contributed by atoms with Crippen LogP contribution >= 0.6 is 0 Å². The van der Waals surface area contributed by atoms with Crippen LogP contribution in [0.2, 0.25) is 0 Å². The van der Waals surface area contributed by atoms with Crippen LogP contribution in [0.5, 0.6) is 5.75 Å². The SMILES string of the molecule is CN(CCN1C[C@H]2C[C@@H](OC(=O)Nc3ccccc3-c3ccccc3)C[C@H]2C1)C(=O)c1ccc(CCNC[C@H](O)c2ccc(O)c3[nH]c(=O)ccc23)cc1. The number of pyridine rings is 1. The highest BCUT2D eigenvalue weighted by molar-refractivity contribution is 5.94. The Morgan fingerprint density at radius 3 is 2.41 bits per heavy atom. The highest BCUT2D eigenvalue weighted by Crippen LogP contribution is 2.39. The van der Waals surface area contributed by atoms with Crippen molar-refractivity contribution in [1.82, 2.24) is 20.1 Å². The predicted molar refractivity (Wildman–Crippen MR) is 210 cm³/mol. The number of amides is 2. The normalized spacial score (nSPS) is 18.7. The van der Waals surface area contributed by atoms with Gasteiger partial charge in [-0.05, 0) is 84.7 Å². The lowest BCUT2D eigenvalue weighted by molar-refractivity contribution is 0.0778. The zero-order valence-corrected chi connectivity index (χ0v) is 30.4. The number of aromatic amines is 1. The Kier molecular flexibility index (Phi) is 11.4. The molecule has 5 N–H and O–H groups in total. The van der Waals surface area contributed by atoms with Crippen molar-refractivity contribution in [2.75, 3.05) is 51.6 Å². The van der Waals surface area contributed by atoms with Gasteiger partial charge < -0.3 is 35.1 Å². The van der Waals surface area contributed by atoms with Crippen molar-refractivity contribution in [2.45, 2.75) is 31.5 Å². The van der Waals surface area contributed by atoms with Gasteiger partial charge in [0.05, 0.1) is 17.3 Å². The number of benzene rings is 4. The number of nitrogens with one attached hydrogen (secondary N) is 3. The summed E-state index contributed by atoms with van der Waals surface area (Å²) < 4.78 is 5.89. The molecule has 11 heteroatoms. The first kappa shape index (κ1) is 36.9. The number of hydrogen-bond donors (Lipinski definition) is 5. The summed E-state index contributed by atoms with van der Waals surface area (Å²) in [5.74, 6) is 0.897. The van der Waals surface area contributed by atoms with Crippen molar-refractivity contribution in [3.63, 3.8) is 0 Å². The average molecular weight is 730 g/mol. The van der Waals surface area contributed by atoms with Crippen LogP contribution in [0, 0.1) is 11.8 Å². The number of aromatic nitrogens is 1. The Bertz CT molecular complexity index is 2120. The van der Waals surface area contributed by atoms with Gasteiger partial charge in [-0.1, -0.05) is 66.7 Å². The molecule has 2 heterocycles. The number of anilines is 1. The Morgan fingerprint density at radius 2 is 1.65 bits per heavy atom. The maximum absolute atomic E-state index is 13.2. The Hall–Kier alpha value is -5.49. The maximum atomic E-state index is 13.2. The van der Waals surface area contributed by atoms with E-state index in [1.165, 1.54) is 12.1 Å². The zero-order chi connectivity index (χ0) is 37.6. The van der Waals surface area contributed by atoms with E-state index < -0.39 is 12.2 Å². The van der Waals surface area contributed by atoms with Crippen molar-refractivity contribution in [2.24, 2.45) is 11.8 Å². The van der Waals surface area contributed by atoms with Crippen LogP contribution in [0.3, 0.4) is 0 Å². The van der Waals surface area contributed by atoms with E-state index in [2.05, 4.69) is 20.5 Å². The molecule has 2 fully saturated rings. The molecule has 5 aromatic rings. The number of carbonyl (C=O) groups is 2. The topological polar surface area (TPSA) is 147 Å². The van der Waals surface area contributed by atoms with Crippen LogP contribution in [0.25, 0.3) is 22.0 Å². The molecule has 1 aliphatic carbocycles. The number of aliphatic hydroxyl groups excluding tert-OH is 1. The number of H-pyrrole nitrogens is 1. The number of carbonyl (C=O) groups excluding carboxylic acids is 2. The lowest BCUT2D eigenvalue weighted by Crippen LogP contribution is -2.36. The lowest BCUT2D eigenvalue weighted by atomic mass is 10.0. The molecule has 1 saturated carbocycles. The highest BCUT2D eigenvalue weighted by Gasteiger charge is 2.42. The van der Waals surface area contributed by atoms with Crippen molar-refractivity contribution >= 4 is 28.6 Å². The van der Waals surface area contributed by atoms with Crippen molar-refractivity contribution in [3.05, 3.63) is 130 Å². The molecular weight excluding hydrogens is 683 g/mol. The van der Waals surface area contributed by atoms with Crippen molar-refractivity contribution < 1.29 is 24.5 Å². The second-order valence-electron chi connectivity index (χ2n) is 14.5. The predicted octanol–water partition coefficient (Wildman–Crippen LogP) is 5.80. The molecule has 1 saturated heterocycles. The van der Waals surface area contributed by atoms with E-state index in [1.807, 2.05) is 85.9 Å². The molecule has 1 aliphatic heterocycles. The van der Waals surface area contributed by atoms with Gasteiger partial charge in [0.1, 0.15) is 11.9 Å². The van der Waals surface area contributed by atoms with E-state index in [-0.39, 0.29) is 23.3 Å². The smallest absolute Gasteiger partial charge is 0.411 e. The number of likely N-dealkylation sites (tertiary alicyclic amines) is 1. The molecule has 0 radical (unpaired) electrons. The number of likely N-dealkylation sites (N-methyl/N-ethyl adjacent to an activating group) is 1. The lowest BCUT2D eigenvalue weighted by Gasteiger charge is -2.23. The molecule has 0 unspecified atom stereocenters. The summed E-state index contributed by atoms with van der Waals surface area (Å²) in [6.45, 7) is 4.23. The number of ether oxygens (including phenoxy) is 1. The number of para-hydroxylation sites is 1. The van der Waals surface area contributed by atoms with Gasteiger partial charge in [-0.25, -0.2) is 4.79 Å². The summed E-state index contributed by atoms with van der Waals surface area (Å²) in [7, 11) is 1.84. The Morgan fingerprint density at radius 1 is 0.926 bits per heavy atom. The first-order valence-corrected chi connectivity index (χ1v) is 18.6. The molecule has 7 rings (SSSR count). The summed E-state index contributed by atoms with van der Waals surface area (Å²) >= 11 is 0. The number of aliphatic hydroxyl groups is 1. The minimum atomic E-state index is -0.825. The molecule has 0 bridgehead atoms. The number of aromatic hydroxyl groups is 1. The summed E-state index contributed by atoms with van der Waals surface area (Å²) in [5, 5.41) is 27.7. The van der Waals surface area contributed by atoms with Crippen molar-refractivity contribution in [1.29, 1.82) is 0 Å². The van der Waals surface area contributed by atoms with Gasteiger partial charge in [-0.3, -0.25) is 14.9 Å². The van der Waals surface area contributed by atoms with Crippen molar-refractivity contribution in [3.8, 4) is 16.9 Å². The van der Waals surface area contributed by atoms with E-state index in [4.69, 9.17) is 4.74 Å². The molecule has 11 nitrogen and oxygen atoms in total. The van der Waals surface area contributed by atoms with Gasteiger partial charge >= 0.3 is 6.09 Å². The fraction of sp³-hybridized carbons (Fsp3) is 0.326. The third kappa shape index (κ3) is 8.65. The molecule has 54 heavy (non-hydrogen) atoms. The summed E-state index contributed by atoms with van der Waals surface area (Å²) in [5.41, 5.74) is 5.05. The van der Waals surface area contributed by atoms with Crippen LogP contribution < -0.4 is 16.2 Å². The molecule has 1 aromatic heterocycles. The molecule has 280 valence electrons. The van der Waals surface area contributed by atoms with Crippen LogP contribution in [-0.2, 0) is 11.2 Å². The van der Waals surface area contributed by atoms with Crippen LogP contribution in [-0.4, -0.2) is 89.4 Å². The van der Waals surface area contributed by atoms with E-state index in [0.29, 0.717) is 53.5 Å². The number of fused-ring (bicyclic) bond motifs is 2. The average Bonchev–Trinajstić information content (AvgIpc) is 3.74. The van der Waals surface area contributed by atoms with Gasteiger partial charge in [-0.2, -0.15) is 0 Å². The maximum Gasteiger partial charge on any atom is 0.411 e. The zero-order valence-electron chi connectivity index (χ0n) is 30.4. The Balaban J connectivity index is 0.807. The van der Waals surface area contributed by atoms with E-state index in [1.54, 1.807) is 17.0 Å². The van der Waals surface area contributed by atoms with Gasteiger partial charge in [0.15, 0.2) is 0 Å². The number of phenols is 1. The molecule has 4 atom stereocenters. The molecule has 4 aromatic carbocycles. The summed E-state index contributed by atoms with van der Waals surface area (Å²) in [6, 6.07) is 31.5. The summed E-state index contributed by atoms with van der Waals surface area (Å²) in [4.78, 5) is 44.6. The quantitative estimate of drug-likeness (QED) is 0.0957. The molecule has 0 spiro atoms. The van der Waals surface area contributed by atoms with Crippen LogP contribution in [0.15, 0.2) is 108 Å². The fourth-order valence-electron chi connectivity index (χ4n) is 7.93. The van der Waals surface area contributed by atoms with Gasteiger partial charge in [-0.15, -0.1) is 0 Å². The fourth-order valence-corrected chi connectivity index (χ4v) is 7.93. The first-order chi connectivity index (χ1) is 26.2. The van der Waals surface area contributed by atoms with Gasteiger partial charge in [0, 0.05) is 62.4 Å². The molecule has 2 aliphatic rings. The third-order valence-electron chi connectivity index (χ3n) is 10.8. The standard InChI is InChI=1S/C43H47N5O6/c1-47(42(52)30-13-11-28(12-14-30)19-20-44-25-39(50)35-15-17-38(49)41-36(35)16-18-40(51)46-41)21-22-48-26-31-23-33(24-32(31)27-48)54-43(53)45-37-10-6-5-9-34(37)29-7-3-2-4-8-29/h2-18,31-33,39,44,49-50H,19-27H2,1H3,(H,45,53)(H,46,51)/t31-,32+,33-,39-/m0/s1. The van der Waals surface area contributed by atoms with Gasteiger partial charge in [0.2, 0.25) is 5.56 Å². The van der Waals surface area contributed by atoms with E-state index in [9.17, 15) is 24.6 Å². The van der Waals surface area contributed by atoms with E-state index >= 15 is 0 Å². The minimum absolute atomic E-state index is 0.0158. The largest absolute Gasteiger partial charge is 0.506 e. The Labute approximate surface area is 314 Å². The second-order valence-corrected chi connectivity index (χ2v) is 14.5. The number of hydrogen-bond acceptors (Lipinski definition) is 8. The number of rotatable bonds is 13. The number of nitrogens with zero attached hydrogens (tertiary/aromatic N) is 2. The molecular formula is C43H47N5O6. The van der Waals surface area contributed by atoms with E-state index in [0.717, 1.165) is 61.3 Å². The highest BCUT2D eigenvalue weighted by atomic mass is 16.6. The van der Waals surface area contributed by atoms with Crippen LogP contribution in [0.4, 0.5) is 10.5 Å². The van der Waals surface area contributed by atoms with Gasteiger partial charge in [0.25, 0.3) is 5.91 Å².